The van der Waals surface area contributed by atoms with E-state index >= 15 is 0 Å². The van der Waals surface area contributed by atoms with Crippen LogP contribution >= 0.6 is 0 Å². The zero-order valence-electron chi connectivity index (χ0n) is 15.1. The van der Waals surface area contributed by atoms with E-state index in [0.29, 0.717) is 5.92 Å². The topological polar surface area (TPSA) is 0 Å². The van der Waals surface area contributed by atoms with E-state index in [1.165, 1.54) is 62.3 Å². The van der Waals surface area contributed by atoms with Gasteiger partial charge in [-0.25, -0.2) is 8.78 Å². The first kappa shape index (κ1) is 18.3. The van der Waals surface area contributed by atoms with Crippen molar-refractivity contribution in [2.75, 3.05) is 0 Å². The summed E-state index contributed by atoms with van der Waals surface area (Å²) in [5.41, 5.74) is 4.14. The van der Waals surface area contributed by atoms with Crippen molar-refractivity contribution in [1.82, 2.24) is 0 Å². The number of benzene rings is 2. The molecule has 2 aromatic carbocycles. The van der Waals surface area contributed by atoms with Gasteiger partial charge in [-0.3, -0.25) is 0 Å². The average molecular weight is 359 g/mol. The van der Waals surface area contributed by atoms with Crippen molar-refractivity contribution < 1.29 is 8.78 Å². The molecule has 1 aliphatic carbocycles. The number of halogens is 2. The maximum Gasteiger partial charge on any atom is 0.159 e. The van der Waals surface area contributed by atoms with Crippen LogP contribution in [0.2, 0.25) is 11.6 Å². The number of rotatable bonds is 6. The van der Waals surface area contributed by atoms with Crippen LogP contribution in [0, 0.1) is 11.6 Å². The van der Waals surface area contributed by atoms with Gasteiger partial charge in [0, 0.05) is 9.52 Å². The van der Waals surface area contributed by atoms with Gasteiger partial charge < -0.3 is 0 Å². The first-order chi connectivity index (χ1) is 12.2. The molecule has 1 saturated carbocycles. The third-order valence-corrected chi connectivity index (χ3v) is 8.24. The van der Waals surface area contributed by atoms with Gasteiger partial charge >= 0.3 is 0 Å². The molecule has 0 N–H and O–H groups in total. The van der Waals surface area contributed by atoms with E-state index in [-0.39, 0.29) is 9.52 Å². The third-order valence-electron chi connectivity index (χ3n) is 5.70. The lowest BCUT2D eigenvalue weighted by Crippen LogP contribution is -2.14. The lowest BCUT2D eigenvalue weighted by atomic mass is 9.83. The quantitative estimate of drug-likeness (QED) is 0.410. The van der Waals surface area contributed by atoms with E-state index in [0.717, 1.165) is 16.7 Å². The molecule has 0 bridgehead atoms. The van der Waals surface area contributed by atoms with Crippen LogP contribution in [0.15, 0.2) is 42.5 Å². The molecule has 0 aliphatic heterocycles. The minimum absolute atomic E-state index is 0.137. The first-order valence-corrected chi connectivity index (χ1v) is 11.5. The minimum atomic E-state index is -0.792. The lowest BCUT2D eigenvalue weighted by molar-refractivity contribution is 0.440. The number of hydrogen-bond donors (Lipinski definition) is 0. The summed E-state index contributed by atoms with van der Waals surface area (Å²) in [5.74, 6) is -0.901. The van der Waals surface area contributed by atoms with Crippen LogP contribution in [0.25, 0.3) is 11.1 Å². The Hall–Kier alpha value is -1.48. The molecule has 0 nitrogen and oxygen atoms in total. The smallest absolute Gasteiger partial charge is 0.159 e. The van der Waals surface area contributed by atoms with E-state index < -0.39 is 11.6 Å². The Morgan fingerprint density at radius 3 is 2.20 bits per heavy atom. The van der Waals surface area contributed by atoms with Gasteiger partial charge in [-0.1, -0.05) is 74.5 Å². The normalized spacial score (nSPS) is 21.1. The van der Waals surface area contributed by atoms with E-state index in [4.69, 9.17) is 0 Å². The average Bonchev–Trinajstić information content (AvgIpc) is 2.65. The minimum Gasteiger partial charge on any atom is -0.204 e. The van der Waals surface area contributed by atoms with Gasteiger partial charge in [0.15, 0.2) is 11.6 Å². The van der Waals surface area contributed by atoms with E-state index in [1.54, 1.807) is 6.07 Å². The summed E-state index contributed by atoms with van der Waals surface area (Å²) in [4.78, 5) is 0. The number of unbranched alkanes of at least 4 members (excludes halogenated alkanes) is 1. The summed E-state index contributed by atoms with van der Waals surface area (Å²) in [6.45, 7) is 2.29. The molecule has 2 aromatic rings. The van der Waals surface area contributed by atoms with Crippen LogP contribution in [0.3, 0.4) is 0 Å². The summed E-state index contributed by atoms with van der Waals surface area (Å²) in [6.07, 6.45) is 8.21. The highest BCUT2D eigenvalue weighted by molar-refractivity contribution is 6.37. The van der Waals surface area contributed by atoms with Gasteiger partial charge in [0.25, 0.3) is 0 Å². The third kappa shape index (κ3) is 4.78. The van der Waals surface area contributed by atoms with Crippen molar-refractivity contribution in [2.24, 2.45) is 0 Å². The fraction of sp³-hybridized carbons (Fsp3) is 0.455. The van der Waals surface area contributed by atoms with Gasteiger partial charge in [-0.05, 0) is 47.6 Å². The molecule has 0 heterocycles. The second-order valence-corrected chi connectivity index (χ2v) is 9.90. The molecular weight excluding hydrogens is 330 g/mol. The second-order valence-electron chi connectivity index (χ2n) is 7.46. The Morgan fingerprint density at radius 1 is 0.880 bits per heavy atom. The van der Waals surface area contributed by atoms with Crippen LogP contribution in [-0.2, 0) is 0 Å². The summed E-state index contributed by atoms with van der Waals surface area (Å²) in [7, 11) is 0.137. The summed E-state index contributed by atoms with van der Waals surface area (Å²) in [5, 5.41) is 0. The molecule has 3 rings (SSSR count). The maximum absolute atomic E-state index is 13.4. The molecule has 1 fully saturated rings. The molecule has 1 aliphatic rings. The van der Waals surface area contributed by atoms with Crippen LogP contribution in [0.5, 0.6) is 0 Å². The van der Waals surface area contributed by atoms with Crippen LogP contribution in [0.4, 0.5) is 8.78 Å². The summed E-state index contributed by atoms with van der Waals surface area (Å²) >= 11 is 0. The fourth-order valence-electron chi connectivity index (χ4n) is 4.09. The highest BCUT2D eigenvalue weighted by atomic mass is 28.2. The summed E-state index contributed by atoms with van der Waals surface area (Å²) in [6, 6.07) is 14.1. The van der Waals surface area contributed by atoms with Gasteiger partial charge in [0.1, 0.15) is 0 Å². The van der Waals surface area contributed by atoms with Crippen molar-refractivity contribution in [3.8, 4) is 11.1 Å². The first-order valence-electron chi connectivity index (χ1n) is 9.72. The molecule has 0 spiro atoms. The standard InChI is InChI=1S/C22H28F2Si/c1-2-3-14-25-20-11-8-17(9-12-20)16-4-6-18(7-5-16)19-10-13-21(23)22(24)15-19/h4-7,10,13,15,17,20H,2-3,8-9,11-12,14,25H2,1H3. The van der Waals surface area contributed by atoms with E-state index in [2.05, 4.69) is 19.1 Å². The molecular formula is C22H28F2Si. The van der Waals surface area contributed by atoms with Crippen LogP contribution in [0.1, 0.15) is 56.9 Å². The Morgan fingerprint density at radius 2 is 1.56 bits per heavy atom. The molecule has 0 aromatic heterocycles. The monoisotopic (exact) mass is 358 g/mol. The Labute approximate surface area is 152 Å². The second kappa shape index (κ2) is 8.75. The SMILES string of the molecule is CCCC[SiH2]C1CCC(c2ccc(-c3ccc(F)c(F)c3)cc2)CC1. The van der Waals surface area contributed by atoms with Crippen LogP contribution in [-0.4, -0.2) is 9.52 Å². The van der Waals surface area contributed by atoms with Gasteiger partial charge in [-0.15, -0.1) is 0 Å². The van der Waals surface area contributed by atoms with E-state index in [1.807, 2.05) is 12.1 Å². The van der Waals surface area contributed by atoms with Crippen molar-refractivity contribution in [2.45, 2.75) is 63.0 Å². The largest absolute Gasteiger partial charge is 0.204 e. The Kier molecular flexibility index (Phi) is 6.41. The van der Waals surface area contributed by atoms with Crippen LogP contribution < -0.4 is 0 Å². The highest BCUT2D eigenvalue weighted by Gasteiger charge is 2.22. The molecule has 0 atom stereocenters. The molecule has 0 unspecified atom stereocenters. The zero-order valence-corrected chi connectivity index (χ0v) is 16.5. The van der Waals surface area contributed by atoms with Crippen molar-refractivity contribution >= 4 is 9.52 Å². The fourth-order valence-corrected chi connectivity index (χ4v) is 6.51. The predicted octanol–water partition coefficient (Wildman–Crippen LogP) is 6.47. The predicted molar refractivity (Wildman–Crippen MR) is 105 cm³/mol. The molecule has 0 radical (unpaired) electrons. The maximum atomic E-state index is 13.4. The Balaban J connectivity index is 1.59. The van der Waals surface area contributed by atoms with Gasteiger partial charge in [0.2, 0.25) is 0 Å². The van der Waals surface area contributed by atoms with Crippen molar-refractivity contribution in [3.63, 3.8) is 0 Å². The van der Waals surface area contributed by atoms with E-state index in [9.17, 15) is 8.78 Å². The molecule has 134 valence electrons. The van der Waals surface area contributed by atoms with Gasteiger partial charge in [-0.2, -0.15) is 0 Å². The molecule has 25 heavy (non-hydrogen) atoms. The van der Waals surface area contributed by atoms with Crippen molar-refractivity contribution in [1.29, 1.82) is 0 Å². The molecule has 3 heteroatoms. The Bertz CT molecular complexity index is 673. The molecule has 0 amide bonds. The highest BCUT2D eigenvalue weighted by Crippen LogP contribution is 2.39. The van der Waals surface area contributed by atoms with Crippen molar-refractivity contribution in [3.05, 3.63) is 59.7 Å². The molecule has 0 saturated heterocycles. The lowest BCUT2D eigenvalue weighted by Gasteiger charge is -2.28. The zero-order chi connectivity index (χ0) is 17.6. The van der Waals surface area contributed by atoms with Gasteiger partial charge in [0.05, 0.1) is 0 Å². The summed E-state index contributed by atoms with van der Waals surface area (Å²) < 4.78 is 26.5. The number of hydrogen-bond acceptors (Lipinski definition) is 0.